The molecular formula is C18H20N2O3S. The molecule has 2 aromatic rings. The van der Waals surface area contributed by atoms with E-state index in [1.54, 1.807) is 18.2 Å². The lowest BCUT2D eigenvalue weighted by Gasteiger charge is -2.18. The Morgan fingerprint density at radius 2 is 1.75 bits per heavy atom. The number of nitrogens with zero attached hydrogens (tertiary/aromatic N) is 1. The Hall–Kier alpha value is -2.21. The highest BCUT2D eigenvalue weighted by Gasteiger charge is 2.19. The van der Waals surface area contributed by atoms with Crippen molar-refractivity contribution in [2.75, 3.05) is 29.3 Å². The summed E-state index contributed by atoms with van der Waals surface area (Å²) in [7, 11) is -3.59. The largest absolute Gasteiger partial charge is 0.493 e. The van der Waals surface area contributed by atoms with Gasteiger partial charge in [0.2, 0.25) is 0 Å². The summed E-state index contributed by atoms with van der Waals surface area (Å²) in [5, 5.41) is 0. The zero-order valence-corrected chi connectivity index (χ0v) is 14.2. The smallest absolute Gasteiger partial charge is 0.261 e. The van der Waals surface area contributed by atoms with Gasteiger partial charge in [-0.15, -0.1) is 0 Å². The summed E-state index contributed by atoms with van der Waals surface area (Å²) in [6, 6.07) is 12.6. The number of ether oxygens (including phenoxy) is 1. The van der Waals surface area contributed by atoms with Crippen molar-refractivity contribution in [2.24, 2.45) is 0 Å². The monoisotopic (exact) mass is 344 g/mol. The van der Waals surface area contributed by atoms with Crippen LogP contribution in [0.25, 0.3) is 0 Å². The van der Waals surface area contributed by atoms with E-state index in [2.05, 4.69) is 9.62 Å². The first-order chi connectivity index (χ1) is 11.6. The molecule has 2 aliphatic heterocycles. The van der Waals surface area contributed by atoms with Gasteiger partial charge in [-0.25, -0.2) is 8.42 Å². The van der Waals surface area contributed by atoms with E-state index in [0.717, 1.165) is 36.5 Å². The van der Waals surface area contributed by atoms with Gasteiger partial charge in [-0.1, -0.05) is 0 Å². The summed E-state index contributed by atoms with van der Waals surface area (Å²) in [5.41, 5.74) is 2.67. The topological polar surface area (TPSA) is 58.6 Å². The van der Waals surface area contributed by atoms with Crippen molar-refractivity contribution in [2.45, 2.75) is 24.2 Å². The van der Waals surface area contributed by atoms with Gasteiger partial charge in [-0.3, -0.25) is 4.72 Å². The first kappa shape index (κ1) is 15.3. The van der Waals surface area contributed by atoms with Crippen LogP contribution in [0.1, 0.15) is 18.4 Å². The third-order valence-electron chi connectivity index (χ3n) is 4.56. The normalized spacial score (nSPS) is 16.8. The standard InChI is InChI=1S/C18H20N2O3S/c21-24(22,17-7-8-18-14(13-17)9-12-23-18)19-15-3-5-16(6-4-15)20-10-1-2-11-20/h3-8,13,19H,1-2,9-12H2. The quantitative estimate of drug-likeness (QED) is 0.926. The highest BCUT2D eigenvalue weighted by Crippen LogP contribution is 2.29. The van der Waals surface area contributed by atoms with Crippen LogP contribution in [0.4, 0.5) is 11.4 Å². The van der Waals surface area contributed by atoms with E-state index in [4.69, 9.17) is 4.74 Å². The predicted molar refractivity (Wildman–Crippen MR) is 94.3 cm³/mol. The second-order valence-electron chi connectivity index (χ2n) is 6.21. The van der Waals surface area contributed by atoms with E-state index in [0.29, 0.717) is 12.3 Å². The molecule has 2 aliphatic rings. The molecule has 1 N–H and O–H groups in total. The van der Waals surface area contributed by atoms with E-state index in [1.165, 1.54) is 12.8 Å². The van der Waals surface area contributed by atoms with Gasteiger partial charge in [-0.2, -0.15) is 0 Å². The molecular weight excluding hydrogens is 324 g/mol. The fourth-order valence-corrected chi connectivity index (χ4v) is 4.37. The average molecular weight is 344 g/mol. The number of rotatable bonds is 4. The summed E-state index contributed by atoms with van der Waals surface area (Å²) in [6.45, 7) is 2.76. The molecule has 0 aliphatic carbocycles. The number of hydrogen-bond acceptors (Lipinski definition) is 4. The van der Waals surface area contributed by atoms with E-state index in [9.17, 15) is 8.42 Å². The number of nitrogens with one attached hydrogen (secondary N) is 1. The van der Waals surface area contributed by atoms with Gasteiger partial charge in [-0.05, 0) is 60.9 Å². The molecule has 2 heterocycles. The van der Waals surface area contributed by atoms with Gasteiger partial charge in [0.25, 0.3) is 10.0 Å². The molecule has 0 saturated carbocycles. The Bertz CT molecular complexity index is 841. The second-order valence-corrected chi connectivity index (χ2v) is 7.90. The zero-order chi connectivity index (χ0) is 16.6. The van der Waals surface area contributed by atoms with Crippen LogP contribution in [-0.2, 0) is 16.4 Å². The highest BCUT2D eigenvalue weighted by atomic mass is 32.2. The van der Waals surface area contributed by atoms with Crippen LogP contribution in [0.3, 0.4) is 0 Å². The van der Waals surface area contributed by atoms with E-state index in [1.807, 2.05) is 24.3 Å². The van der Waals surface area contributed by atoms with Crippen molar-refractivity contribution in [1.82, 2.24) is 0 Å². The van der Waals surface area contributed by atoms with Crippen molar-refractivity contribution in [3.63, 3.8) is 0 Å². The van der Waals surface area contributed by atoms with Crippen LogP contribution in [0.15, 0.2) is 47.4 Å². The molecule has 1 fully saturated rings. The molecule has 5 nitrogen and oxygen atoms in total. The summed E-state index contributed by atoms with van der Waals surface area (Å²) in [6.07, 6.45) is 3.19. The number of hydrogen-bond donors (Lipinski definition) is 1. The Morgan fingerprint density at radius 3 is 2.50 bits per heavy atom. The van der Waals surface area contributed by atoms with Crippen LogP contribution in [0.5, 0.6) is 5.75 Å². The van der Waals surface area contributed by atoms with E-state index in [-0.39, 0.29) is 4.90 Å². The minimum atomic E-state index is -3.59. The third-order valence-corrected chi connectivity index (χ3v) is 5.94. The van der Waals surface area contributed by atoms with Crippen molar-refractivity contribution in [3.8, 4) is 5.75 Å². The Kier molecular flexibility index (Phi) is 3.84. The molecule has 0 radical (unpaired) electrons. The lowest BCUT2D eigenvalue weighted by atomic mass is 10.2. The van der Waals surface area contributed by atoms with Gasteiger partial charge in [0, 0.05) is 30.9 Å². The second kappa shape index (κ2) is 6.02. The maximum absolute atomic E-state index is 12.6. The van der Waals surface area contributed by atoms with Crippen LogP contribution in [0.2, 0.25) is 0 Å². The van der Waals surface area contributed by atoms with Gasteiger partial charge in [0.05, 0.1) is 11.5 Å². The van der Waals surface area contributed by atoms with Crippen LogP contribution in [0, 0.1) is 0 Å². The van der Waals surface area contributed by atoms with Crippen molar-refractivity contribution >= 4 is 21.4 Å². The Morgan fingerprint density at radius 1 is 1.00 bits per heavy atom. The molecule has 1 saturated heterocycles. The molecule has 24 heavy (non-hydrogen) atoms. The van der Waals surface area contributed by atoms with Crippen LogP contribution >= 0.6 is 0 Å². The minimum absolute atomic E-state index is 0.273. The number of fused-ring (bicyclic) bond motifs is 1. The lowest BCUT2D eigenvalue weighted by Crippen LogP contribution is -2.17. The third kappa shape index (κ3) is 2.94. The molecule has 0 spiro atoms. The number of anilines is 2. The van der Waals surface area contributed by atoms with Gasteiger partial charge >= 0.3 is 0 Å². The van der Waals surface area contributed by atoms with Crippen molar-refractivity contribution in [1.29, 1.82) is 0 Å². The SMILES string of the molecule is O=S(=O)(Nc1ccc(N2CCCC2)cc1)c1ccc2c(c1)CCO2. The first-order valence-corrected chi connectivity index (χ1v) is 9.74. The van der Waals surface area contributed by atoms with Crippen LogP contribution < -0.4 is 14.4 Å². The molecule has 4 rings (SSSR count). The molecule has 6 heteroatoms. The molecule has 0 aromatic heterocycles. The highest BCUT2D eigenvalue weighted by molar-refractivity contribution is 7.92. The fraction of sp³-hybridized carbons (Fsp3) is 0.333. The predicted octanol–water partition coefficient (Wildman–Crippen LogP) is 3.02. The summed E-state index contributed by atoms with van der Waals surface area (Å²) < 4.78 is 33.2. The van der Waals surface area contributed by atoms with Gasteiger partial charge in [0.15, 0.2) is 0 Å². The Balaban J connectivity index is 1.53. The Labute approximate surface area is 142 Å². The molecule has 2 aromatic carbocycles. The van der Waals surface area contributed by atoms with E-state index < -0.39 is 10.0 Å². The van der Waals surface area contributed by atoms with Crippen LogP contribution in [-0.4, -0.2) is 28.1 Å². The lowest BCUT2D eigenvalue weighted by molar-refractivity contribution is 0.356. The first-order valence-electron chi connectivity index (χ1n) is 8.25. The maximum Gasteiger partial charge on any atom is 0.261 e. The average Bonchev–Trinajstić information content (AvgIpc) is 3.26. The van der Waals surface area contributed by atoms with Gasteiger partial charge in [0.1, 0.15) is 5.75 Å². The molecule has 126 valence electrons. The zero-order valence-electron chi connectivity index (χ0n) is 13.4. The fourth-order valence-electron chi connectivity index (χ4n) is 3.26. The maximum atomic E-state index is 12.6. The van der Waals surface area contributed by atoms with Gasteiger partial charge < -0.3 is 9.64 Å². The minimum Gasteiger partial charge on any atom is -0.493 e. The molecule has 0 atom stereocenters. The number of sulfonamides is 1. The summed E-state index contributed by atoms with van der Waals surface area (Å²) >= 11 is 0. The summed E-state index contributed by atoms with van der Waals surface area (Å²) in [5.74, 6) is 0.781. The molecule has 0 unspecified atom stereocenters. The van der Waals surface area contributed by atoms with Crippen molar-refractivity contribution in [3.05, 3.63) is 48.0 Å². The molecule has 0 amide bonds. The summed E-state index contributed by atoms with van der Waals surface area (Å²) in [4.78, 5) is 2.59. The van der Waals surface area contributed by atoms with Crippen molar-refractivity contribution < 1.29 is 13.2 Å². The van der Waals surface area contributed by atoms with E-state index >= 15 is 0 Å². The molecule has 0 bridgehead atoms. The number of benzene rings is 2.